The predicted octanol–water partition coefficient (Wildman–Crippen LogP) is 2.46. The van der Waals surface area contributed by atoms with Crippen molar-refractivity contribution >= 4 is 17.5 Å². The third-order valence-corrected chi connectivity index (χ3v) is 3.54. The summed E-state index contributed by atoms with van der Waals surface area (Å²) in [5.74, 6) is -0.163. The quantitative estimate of drug-likeness (QED) is 0.660. The molecule has 1 aliphatic heterocycles. The Kier molecular flexibility index (Phi) is 7.92. The summed E-state index contributed by atoms with van der Waals surface area (Å²) in [4.78, 5) is 23.1. The Hall–Kier alpha value is -1.39. The van der Waals surface area contributed by atoms with Crippen molar-refractivity contribution in [1.82, 2.24) is 10.3 Å². The third-order valence-electron chi connectivity index (χ3n) is 3.54. The molecule has 0 unspecified atom stereocenters. The highest BCUT2D eigenvalue weighted by molar-refractivity contribution is 6.39. The maximum Gasteiger partial charge on any atom is 0.267 e. The number of amides is 2. The van der Waals surface area contributed by atoms with E-state index in [-0.39, 0.29) is 11.8 Å². The van der Waals surface area contributed by atoms with Crippen LogP contribution in [0.4, 0.5) is 0 Å². The van der Waals surface area contributed by atoms with Gasteiger partial charge in [0.15, 0.2) is 0 Å². The fourth-order valence-electron chi connectivity index (χ4n) is 2.22. The maximum absolute atomic E-state index is 11.8. The average Bonchev–Trinajstić information content (AvgIpc) is 2.44. The molecule has 0 aromatic rings. The molecular formula is C15H27N3O2. The Morgan fingerprint density at radius 3 is 2.45 bits per heavy atom. The van der Waals surface area contributed by atoms with Gasteiger partial charge in [-0.15, -0.1) is 0 Å². The zero-order valence-electron chi connectivity index (χ0n) is 12.8. The standard InChI is InChI=1S/C15H27N3O2/c1-3-4-5-6-7-8-9-12-16-15(20)13-10-11-14(19)18(2)17-13/h3-12H2,1-2H3,(H,16,20). The number of unbranched alkanes of at least 4 members (excludes halogenated alkanes) is 6. The normalized spacial score (nSPS) is 15.2. The lowest BCUT2D eigenvalue weighted by Gasteiger charge is -2.18. The Morgan fingerprint density at radius 2 is 1.80 bits per heavy atom. The van der Waals surface area contributed by atoms with Gasteiger partial charge in [-0.1, -0.05) is 45.4 Å². The van der Waals surface area contributed by atoms with Crippen LogP contribution in [0.5, 0.6) is 0 Å². The van der Waals surface area contributed by atoms with Gasteiger partial charge < -0.3 is 5.32 Å². The Morgan fingerprint density at radius 1 is 1.15 bits per heavy atom. The molecule has 1 aliphatic rings. The van der Waals surface area contributed by atoms with Crippen LogP contribution in [0.25, 0.3) is 0 Å². The summed E-state index contributed by atoms with van der Waals surface area (Å²) >= 11 is 0. The van der Waals surface area contributed by atoms with Crippen molar-refractivity contribution in [2.24, 2.45) is 5.10 Å². The summed E-state index contributed by atoms with van der Waals surface area (Å²) in [6, 6.07) is 0. The second kappa shape index (κ2) is 9.50. The number of hydrogen-bond acceptors (Lipinski definition) is 3. The fourth-order valence-corrected chi connectivity index (χ4v) is 2.22. The van der Waals surface area contributed by atoms with Gasteiger partial charge in [-0.25, -0.2) is 5.01 Å². The van der Waals surface area contributed by atoms with E-state index in [4.69, 9.17) is 0 Å². The molecule has 0 spiro atoms. The Labute approximate surface area is 121 Å². The van der Waals surface area contributed by atoms with Crippen LogP contribution in [0, 0.1) is 0 Å². The van der Waals surface area contributed by atoms with Crippen LogP contribution in [-0.4, -0.2) is 36.1 Å². The lowest BCUT2D eigenvalue weighted by atomic mass is 10.1. The van der Waals surface area contributed by atoms with Gasteiger partial charge in [-0.05, 0) is 6.42 Å². The van der Waals surface area contributed by atoms with Crippen molar-refractivity contribution in [2.75, 3.05) is 13.6 Å². The van der Waals surface area contributed by atoms with E-state index < -0.39 is 0 Å². The third kappa shape index (κ3) is 6.17. The molecule has 0 saturated heterocycles. The van der Waals surface area contributed by atoms with Crippen LogP contribution in [0.2, 0.25) is 0 Å². The number of nitrogens with one attached hydrogen (secondary N) is 1. The van der Waals surface area contributed by atoms with E-state index in [2.05, 4.69) is 17.3 Å². The number of carbonyl (C=O) groups is 2. The summed E-state index contributed by atoms with van der Waals surface area (Å²) in [5, 5.41) is 8.14. The molecule has 5 heteroatoms. The summed E-state index contributed by atoms with van der Waals surface area (Å²) in [6.45, 7) is 2.91. The van der Waals surface area contributed by atoms with Gasteiger partial charge in [0.05, 0.1) is 0 Å². The van der Waals surface area contributed by atoms with Crippen LogP contribution in [0.15, 0.2) is 5.10 Å². The molecule has 0 radical (unpaired) electrons. The first-order valence-corrected chi connectivity index (χ1v) is 7.77. The molecule has 2 amide bonds. The molecular weight excluding hydrogens is 254 g/mol. The van der Waals surface area contributed by atoms with Gasteiger partial charge in [0.1, 0.15) is 5.71 Å². The second-order valence-electron chi connectivity index (χ2n) is 5.34. The molecule has 0 aliphatic carbocycles. The molecule has 5 nitrogen and oxygen atoms in total. The smallest absolute Gasteiger partial charge is 0.267 e. The largest absolute Gasteiger partial charge is 0.351 e. The van der Waals surface area contributed by atoms with Gasteiger partial charge in [0, 0.05) is 26.4 Å². The Balaban J connectivity index is 2.09. The van der Waals surface area contributed by atoms with Gasteiger partial charge in [0.2, 0.25) is 5.91 Å². The first-order chi connectivity index (χ1) is 9.65. The molecule has 1 heterocycles. The minimum atomic E-state index is -0.129. The Bertz CT molecular complexity index is 353. The van der Waals surface area contributed by atoms with E-state index in [1.807, 2.05) is 0 Å². The highest BCUT2D eigenvalue weighted by atomic mass is 16.2. The topological polar surface area (TPSA) is 61.8 Å². The van der Waals surface area contributed by atoms with Crippen LogP contribution in [0.1, 0.15) is 64.7 Å². The van der Waals surface area contributed by atoms with Crippen molar-refractivity contribution in [2.45, 2.75) is 64.7 Å². The maximum atomic E-state index is 11.8. The first kappa shape index (κ1) is 16.7. The van der Waals surface area contributed by atoms with Crippen molar-refractivity contribution in [3.8, 4) is 0 Å². The number of hydrogen-bond donors (Lipinski definition) is 1. The summed E-state index contributed by atoms with van der Waals surface area (Å²) in [7, 11) is 1.59. The minimum absolute atomic E-state index is 0.0337. The zero-order chi connectivity index (χ0) is 14.8. The van der Waals surface area contributed by atoms with Crippen LogP contribution in [0.3, 0.4) is 0 Å². The molecule has 0 aromatic heterocycles. The SMILES string of the molecule is CCCCCCCCCNC(=O)C1=NN(C)C(=O)CC1. The van der Waals surface area contributed by atoms with Crippen molar-refractivity contribution in [1.29, 1.82) is 0 Å². The van der Waals surface area contributed by atoms with E-state index in [9.17, 15) is 9.59 Å². The summed E-state index contributed by atoms with van der Waals surface area (Å²) < 4.78 is 0. The summed E-state index contributed by atoms with van der Waals surface area (Å²) in [5.41, 5.74) is 0.468. The van der Waals surface area contributed by atoms with E-state index in [1.54, 1.807) is 7.05 Å². The lowest BCUT2D eigenvalue weighted by molar-refractivity contribution is -0.130. The van der Waals surface area contributed by atoms with E-state index in [0.29, 0.717) is 25.1 Å². The number of hydrazone groups is 1. The molecule has 1 N–H and O–H groups in total. The molecule has 0 aromatic carbocycles. The van der Waals surface area contributed by atoms with Crippen molar-refractivity contribution in [3.63, 3.8) is 0 Å². The van der Waals surface area contributed by atoms with E-state index in [0.717, 1.165) is 12.8 Å². The monoisotopic (exact) mass is 281 g/mol. The highest BCUT2D eigenvalue weighted by Crippen LogP contribution is 2.08. The fraction of sp³-hybridized carbons (Fsp3) is 0.800. The lowest BCUT2D eigenvalue weighted by Crippen LogP contribution is -2.37. The van der Waals surface area contributed by atoms with Crippen LogP contribution >= 0.6 is 0 Å². The average molecular weight is 281 g/mol. The molecule has 0 atom stereocenters. The zero-order valence-corrected chi connectivity index (χ0v) is 12.8. The van der Waals surface area contributed by atoms with Crippen molar-refractivity contribution in [3.05, 3.63) is 0 Å². The highest BCUT2D eigenvalue weighted by Gasteiger charge is 2.21. The van der Waals surface area contributed by atoms with E-state index >= 15 is 0 Å². The van der Waals surface area contributed by atoms with Crippen LogP contribution < -0.4 is 5.32 Å². The molecule has 0 fully saturated rings. The van der Waals surface area contributed by atoms with Gasteiger partial charge in [-0.2, -0.15) is 5.10 Å². The molecule has 114 valence electrons. The molecule has 20 heavy (non-hydrogen) atoms. The molecule has 1 rings (SSSR count). The van der Waals surface area contributed by atoms with Gasteiger partial charge >= 0.3 is 0 Å². The number of rotatable bonds is 9. The van der Waals surface area contributed by atoms with E-state index in [1.165, 1.54) is 37.1 Å². The molecule has 0 saturated carbocycles. The van der Waals surface area contributed by atoms with Gasteiger partial charge in [0.25, 0.3) is 5.91 Å². The predicted molar refractivity (Wildman–Crippen MR) is 80.4 cm³/mol. The summed E-state index contributed by atoms with van der Waals surface area (Å²) in [6.07, 6.45) is 9.45. The second-order valence-corrected chi connectivity index (χ2v) is 5.34. The minimum Gasteiger partial charge on any atom is -0.351 e. The number of nitrogens with zero attached hydrogens (tertiary/aromatic N) is 2. The van der Waals surface area contributed by atoms with Crippen LogP contribution in [-0.2, 0) is 9.59 Å². The first-order valence-electron chi connectivity index (χ1n) is 7.77. The number of carbonyl (C=O) groups excluding carboxylic acids is 2. The van der Waals surface area contributed by atoms with Gasteiger partial charge in [-0.3, -0.25) is 9.59 Å². The van der Waals surface area contributed by atoms with Crippen molar-refractivity contribution < 1.29 is 9.59 Å². The molecule has 0 bridgehead atoms.